The summed E-state index contributed by atoms with van der Waals surface area (Å²) in [6, 6.07) is 13.7. The Bertz CT molecular complexity index is 964. The van der Waals surface area contributed by atoms with Gasteiger partial charge in [0.25, 0.3) is 0 Å². The topological polar surface area (TPSA) is 75.7 Å². The third-order valence-electron chi connectivity index (χ3n) is 4.58. The third-order valence-corrected chi connectivity index (χ3v) is 6.47. The first-order chi connectivity index (χ1) is 13.5. The summed E-state index contributed by atoms with van der Waals surface area (Å²) in [5.74, 6) is 0.369. The maximum atomic E-state index is 12.8. The van der Waals surface area contributed by atoms with Gasteiger partial charge in [0.05, 0.1) is 12.0 Å². The summed E-state index contributed by atoms with van der Waals surface area (Å²) in [5.41, 5.74) is 1.27. The Morgan fingerprint density at radius 3 is 2.57 bits per heavy atom. The molecule has 0 spiro atoms. The van der Waals surface area contributed by atoms with Crippen molar-refractivity contribution in [3.63, 3.8) is 0 Å². The second kappa shape index (κ2) is 9.03. The zero-order chi connectivity index (χ0) is 20.0. The molecule has 0 atom stereocenters. The number of rotatable bonds is 6. The molecule has 7 heteroatoms. The minimum absolute atomic E-state index is 0.198. The van der Waals surface area contributed by atoms with Gasteiger partial charge in [-0.1, -0.05) is 24.6 Å². The molecule has 1 amide bonds. The van der Waals surface area contributed by atoms with E-state index in [4.69, 9.17) is 4.74 Å². The highest BCUT2D eigenvalue weighted by Gasteiger charge is 2.26. The molecule has 0 aromatic heterocycles. The first-order valence-corrected chi connectivity index (χ1v) is 10.7. The number of sulfonamides is 1. The van der Waals surface area contributed by atoms with Crippen molar-refractivity contribution in [3.05, 3.63) is 60.2 Å². The summed E-state index contributed by atoms with van der Waals surface area (Å²) in [5, 5.41) is 2.72. The highest BCUT2D eigenvalue weighted by Crippen LogP contribution is 2.23. The quantitative estimate of drug-likeness (QED) is 0.753. The summed E-state index contributed by atoms with van der Waals surface area (Å²) in [6.45, 7) is 1.09. The van der Waals surface area contributed by atoms with Gasteiger partial charge in [0.1, 0.15) is 5.75 Å². The predicted molar refractivity (Wildman–Crippen MR) is 110 cm³/mol. The average molecular weight is 401 g/mol. The van der Waals surface area contributed by atoms with Crippen molar-refractivity contribution in [3.8, 4) is 5.75 Å². The van der Waals surface area contributed by atoms with Crippen LogP contribution in [0, 0.1) is 0 Å². The zero-order valence-electron chi connectivity index (χ0n) is 15.8. The number of piperidine rings is 1. The molecule has 1 saturated heterocycles. The van der Waals surface area contributed by atoms with Crippen LogP contribution in [0.25, 0.3) is 6.08 Å². The number of nitrogens with one attached hydrogen (secondary N) is 1. The Hall–Kier alpha value is -2.64. The molecule has 3 rings (SSSR count). The summed E-state index contributed by atoms with van der Waals surface area (Å²) >= 11 is 0. The Labute approximate surface area is 165 Å². The molecule has 2 aromatic rings. The van der Waals surface area contributed by atoms with Gasteiger partial charge < -0.3 is 10.1 Å². The van der Waals surface area contributed by atoms with Crippen LogP contribution in [-0.4, -0.2) is 38.8 Å². The minimum Gasteiger partial charge on any atom is -0.497 e. The van der Waals surface area contributed by atoms with Crippen LogP contribution in [0.2, 0.25) is 0 Å². The van der Waals surface area contributed by atoms with E-state index in [0.717, 1.165) is 24.8 Å². The summed E-state index contributed by atoms with van der Waals surface area (Å²) < 4.78 is 32.2. The zero-order valence-corrected chi connectivity index (χ0v) is 16.6. The number of carbonyl (C=O) groups is 1. The molecule has 1 heterocycles. The molecule has 0 saturated carbocycles. The lowest BCUT2D eigenvalue weighted by Crippen LogP contribution is -2.35. The van der Waals surface area contributed by atoms with Crippen LogP contribution in [0.4, 0.5) is 5.69 Å². The SMILES string of the molecule is COc1cccc(/C=C/C(=O)Nc2cccc(S(=O)(=O)N3CCCCC3)c2)c1. The first-order valence-electron chi connectivity index (χ1n) is 9.22. The van der Waals surface area contributed by atoms with E-state index < -0.39 is 10.0 Å². The van der Waals surface area contributed by atoms with Crippen LogP contribution in [0.1, 0.15) is 24.8 Å². The van der Waals surface area contributed by atoms with Crippen molar-refractivity contribution < 1.29 is 17.9 Å². The molecule has 0 unspecified atom stereocenters. The molecule has 0 radical (unpaired) electrons. The average Bonchev–Trinajstić information content (AvgIpc) is 2.73. The van der Waals surface area contributed by atoms with E-state index in [-0.39, 0.29) is 10.8 Å². The lowest BCUT2D eigenvalue weighted by atomic mass is 10.2. The standard InChI is InChI=1S/C21H24N2O4S/c1-27-19-9-5-7-17(15-19)11-12-21(24)22-18-8-6-10-20(16-18)28(25,26)23-13-3-2-4-14-23/h5-12,15-16H,2-4,13-14H2,1H3,(H,22,24)/b12-11+. The summed E-state index contributed by atoms with van der Waals surface area (Å²) in [6.07, 6.45) is 5.89. The maximum absolute atomic E-state index is 12.8. The van der Waals surface area contributed by atoms with Crippen LogP contribution >= 0.6 is 0 Å². The smallest absolute Gasteiger partial charge is 0.248 e. The Morgan fingerprint density at radius 2 is 1.82 bits per heavy atom. The second-order valence-corrected chi connectivity index (χ2v) is 8.53. The number of carbonyl (C=O) groups excluding carboxylic acids is 1. The summed E-state index contributed by atoms with van der Waals surface area (Å²) in [7, 11) is -1.95. The molecule has 0 bridgehead atoms. The Morgan fingerprint density at radius 1 is 1.07 bits per heavy atom. The maximum Gasteiger partial charge on any atom is 0.248 e. The highest BCUT2D eigenvalue weighted by atomic mass is 32.2. The van der Waals surface area contributed by atoms with E-state index in [0.29, 0.717) is 24.5 Å². The molecule has 1 aliphatic heterocycles. The van der Waals surface area contributed by atoms with Crippen LogP contribution in [0.15, 0.2) is 59.5 Å². The molecule has 2 aromatic carbocycles. The van der Waals surface area contributed by atoms with Gasteiger partial charge >= 0.3 is 0 Å². The van der Waals surface area contributed by atoms with Crippen molar-refractivity contribution in [1.29, 1.82) is 0 Å². The Kier molecular flexibility index (Phi) is 6.49. The number of hydrogen-bond donors (Lipinski definition) is 1. The normalized spacial score (nSPS) is 15.5. The molecule has 6 nitrogen and oxygen atoms in total. The number of methoxy groups -OCH3 is 1. The van der Waals surface area contributed by atoms with Crippen molar-refractivity contribution in [1.82, 2.24) is 4.31 Å². The van der Waals surface area contributed by atoms with Crippen LogP contribution in [0.5, 0.6) is 5.75 Å². The molecular weight excluding hydrogens is 376 g/mol. The third kappa shape index (κ3) is 4.99. The monoisotopic (exact) mass is 400 g/mol. The second-order valence-electron chi connectivity index (χ2n) is 6.59. The lowest BCUT2D eigenvalue weighted by molar-refractivity contribution is -0.111. The number of hydrogen-bond acceptors (Lipinski definition) is 4. The largest absolute Gasteiger partial charge is 0.497 e. The lowest BCUT2D eigenvalue weighted by Gasteiger charge is -2.26. The first kappa shape index (κ1) is 20.1. The van der Waals surface area contributed by atoms with Crippen LogP contribution < -0.4 is 10.1 Å². The van der Waals surface area contributed by atoms with Crippen molar-refractivity contribution in [2.45, 2.75) is 24.2 Å². The van der Waals surface area contributed by atoms with Crippen molar-refractivity contribution in [2.24, 2.45) is 0 Å². The molecule has 28 heavy (non-hydrogen) atoms. The van der Waals surface area contributed by atoms with Gasteiger partial charge in [-0.15, -0.1) is 0 Å². The van der Waals surface area contributed by atoms with E-state index in [9.17, 15) is 13.2 Å². The van der Waals surface area contributed by atoms with Crippen molar-refractivity contribution >= 4 is 27.7 Å². The van der Waals surface area contributed by atoms with Gasteiger partial charge in [0.15, 0.2) is 0 Å². The van der Waals surface area contributed by atoms with Gasteiger partial charge in [0, 0.05) is 24.9 Å². The highest BCUT2D eigenvalue weighted by molar-refractivity contribution is 7.89. The van der Waals surface area contributed by atoms with Gasteiger partial charge in [-0.2, -0.15) is 4.31 Å². The van der Waals surface area contributed by atoms with Crippen LogP contribution in [0.3, 0.4) is 0 Å². The van der Waals surface area contributed by atoms with Gasteiger partial charge in [-0.3, -0.25) is 4.79 Å². The summed E-state index contributed by atoms with van der Waals surface area (Å²) in [4.78, 5) is 12.4. The Balaban J connectivity index is 1.70. The number of anilines is 1. The molecular formula is C21H24N2O4S. The van der Waals surface area contributed by atoms with Gasteiger partial charge in [-0.05, 0) is 54.8 Å². The fourth-order valence-corrected chi connectivity index (χ4v) is 4.65. The van der Waals surface area contributed by atoms with E-state index in [2.05, 4.69) is 5.32 Å². The predicted octanol–water partition coefficient (Wildman–Crippen LogP) is 3.52. The fraction of sp³-hybridized carbons (Fsp3) is 0.286. The van der Waals surface area contributed by atoms with E-state index in [1.54, 1.807) is 31.4 Å². The number of nitrogens with zero attached hydrogens (tertiary/aromatic N) is 1. The number of amides is 1. The number of ether oxygens (including phenoxy) is 1. The van der Waals surface area contributed by atoms with Gasteiger partial charge in [0.2, 0.25) is 15.9 Å². The molecule has 1 N–H and O–H groups in total. The van der Waals surface area contributed by atoms with Crippen molar-refractivity contribution in [2.75, 3.05) is 25.5 Å². The fourth-order valence-electron chi connectivity index (χ4n) is 3.09. The van der Waals surface area contributed by atoms with E-state index in [1.807, 2.05) is 24.3 Å². The van der Waals surface area contributed by atoms with Crippen LogP contribution in [-0.2, 0) is 14.8 Å². The number of benzene rings is 2. The molecule has 1 aliphatic rings. The molecule has 0 aliphatic carbocycles. The molecule has 148 valence electrons. The van der Waals surface area contributed by atoms with E-state index in [1.165, 1.54) is 16.4 Å². The minimum atomic E-state index is -3.53. The van der Waals surface area contributed by atoms with E-state index >= 15 is 0 Å². The van der Waals surface area contributed by atoms with Gasteiger partial charge in [-0.25, -0.2) is 8.42 Å². The molecule has 1 fully saturated rings.